The highest BCUT2D eigenvalue weighted by Gasteiger charge is 2.33. The standard InChI is InChI=1S/C10H16O2/c1-3-5-6-8-7-12-10(11)9(8)4-2/h4,8-9H,2-3,5-7H2,1H3. The zero-order valence-electron chi connectivity index (χ0n) is 7.58. The fourth-order valence-electron chi connectivity index (χ4n) is 1.60. The number of hydrogen-bond acceptors (Lipinski definition) is 2. The molecule has 1 aliphatic heterocycles. The molecule has 0 radical (unpaired) electrons. The monoisotopic (exact) mass is 168 g/mol. The molecule has 68 valence electrons. The molecule has 0 aromatic rings. The molecule has 12 heavy (non-hydrogen) atoms. The Morgan fingerprint density at radius 3 is 3.08 bits per heavy atom. The molecule has 0 spiro atoms. The van der Waals surface area contributed by atoms with E-state index in [1.54, 1.807) is 6.08 Å². The number of hydrogen-bond donors (Lipinski definition) is 0. The molecular weight excluding hydrogens is 152 g/mol. The van der Waals surface area contributed by atoms with E-state index in [0.717, 1.165) is 6.42 Å². The summed E-state index contributed by atoms with van der Waals surface area (Å²) in [6.07, 6.45) is 5.15. The van der Waals surface area contributed by atoms with Crippen LogP contribution in [-0.2, 0) is 9.53 Å². The van der Waals surface area contributed by atoms with Crippen LogP contribution in [0.1, 0.15) is 26.2 Å². The number of carbonyl (C=O) groups excluding carboxylic acids is 1. The van der Waals surface area contributed by atoms with E-state index in [-0.39, 0.29) is 11.9 Å². The quantitative estimate of drug-likeness (QED) is 0.475. The molecule has 0 aromatic carbocycles. The molecule has 1 fully saturated rings. The third-order valence-electron chi connectivity index (χ3n) is 2.40. The number of rotatable bonds is 4. The third kappa shape index (κ3) is 1.87. The Morgan fingerprint density at radius 1 is 1.75 bits per heavy atom. The SMILES string of the molecule is C=CC1C(=O)OCC1CCCC. The number of unbranched alkanes of at least 4 members (excludes halogenated alkanes) is 1. The van der Waals surface area contributed by atoms with E-state index in [0.29, 0.717) is 12.5 Å². The van der Waals surface area contributed by atoms with Gasteiger partial charge in [-0.05, 0) is 6.42 Å². The molecule has 0 amide bonds. The fourth-order valence-corrected chi connectivity index (χ4v) is 1.60. The third-order valence-corrected chi connectivity index (χ3v) is 2.40. The topological polar surface area (TPSA) is 26.3 Å². The number of carbonyl (C=O) groups is 1. The second kappa shape index (κ2) is 4.29. The second-order valence-corrected chi connectivity index (χ2v) is 3.29. The van der Waals surface area contributed by atoms with Gasteiger partial charge >= 0.3 is 5.97 Å². The van der Waals surface area contributed by atoms with Crippen molar-refractivity contribution in [1.29, 1.82) is 0 Å². The molecule has 0 N–H and O–H groups in total. The van der Waals surface area contributed by atoms with Crippen LogP contribution in [0.15, 0.2) is 12.7 Å². The molecule has 2 heteroatoms. The smallest absolute Gasteiger partial charge is 0.313 e. The summed E-state index contributed by atoms with van der Waals surface area (Å²) >= 11 is 0. The van der Waals surface area contributed by atoms with Gasteiger partial charge in [-0.25, -0.2) is 0 Å². The van der Waals surface area contributed by atoms with Crippen molar-refractivity contribution in [3.05, 3.63) is 12.7 Å². The van der Waals surface area contributed by atoms with Crippen LogP contribution < -0.4 is 0 Å². The van der Waals surface area contributed by atoms with Crippen molar-refractivity contribution >= 4 is 5.97 Å². The predicted octanol–water partition coefficient (Wildman–Crippen LogP) is 2.15. The Bertz CT molecular complexity index is 175. The zero-order chi connectivity index (χ0) is 8.97. The minimum Gasteiger partial charge on any atom is -0.465 e. The fraction of sp³-hybridized carbons (Fsp3) is 0.700. The van der Waals surface area contributed by atoms with Crippen LogP contribution in [0.4, 0.5) is 0 Å². The molecule has 0 bridgehead atoms. The van der Waals surface area contributed by atoms with E-state index >= 15 is 0 Å². The van der Waals surface area contributed by atoms with Crippen molar-refractivity contribution in [2.24, 2.45) is 11.8 Å². The molecular formula is C10H16O2. The van der Waals surface area contributed by atoms with E-state index in [4.69, 9.17) is 4.74 Å². The maximum atomic E-state index is 11.1. The Balaban J connectivity index is 2.43. The van der Waals surface area contributed by atoms with Gasteiger partial charge in [0.15, 0.2) is 0 Å². The van der Waals surface area contributed by atoms with Gasteiger partial charge < -0.3 is 4.74 Å². The normalized spacial score (nSPS) is 28.6. The van der Waals surface area contributed by atoms with Gasteiger partial charge in [0.2, 0.25) is 0 Å². The zero-order valence-corrected chi connectivity index (χ0v) is 7.58. The van der Waals surface area contributed by atoms with Crippen molar-refractivity contribution in [3.8, 4) is 0 Å². The molecule has 2 unspecified atom stereocenters. The number of esters is 1. The predicted molar refractivity (Wildman–Crippen MR) is 47.7 cm³/mol. The number of ether oxygens (including phenoxy) is 1. The van der Waals surface area contributed by atoms with Crippen LogP contribution in [0.25, 0.3) is 0 Å². The highest BCUT2D eigenvalue weighted by Crippen LogP contribution is 2.27. The summed E-state index contributed by atoms with van der Waals surface area (Å²) in [6.45, 7) is 6.40. The van der Waals surface area contributed by atoms with Crippen molar-refractivity contribution in [2.75, 3.05) is 6.61 Å². The van der Waals surface area contributed by atoms with Crippen molar-refractivity contribution < 1.29 is 9.53 Å². The minimum absolute atomic E-state index is 0.0449. The van der Waals surface area contributed by atoms with E-state index in [9.17, 15) is 4.79 Å². The lowest BCUT2D eigenvalue weighted by molar-refractivity contribution is -0.140. The molecule has 1 heterocycles. The Hall–Kier alpha value is -0.790. The average Bonchev–Trinajstić information content (AvgIpc) is 2.43. The van der Waals surface area contributed by atoms with Gasteiger partial charge in [0.05, 0.1) is 12.5 Å². The van der Waals surface area contributed by atoms with E-state index in [2.05, 4.69) is 13.5 Å². The minimum atomic E-state index is -0.0916. The van der Waals surface area contributed by atoms with Crippen LogP contribution in [0, 0.1) is 11.8 Å². The molecule has 1 saturated heterocycles. The van der Waals surface area contributed by atoms with Crippen molar-refractivity contribution in [3.63, 3.8) is 0 Å². The van der Waals surface area contributed by atoms with Gasteiger partial charge in [0.25, 0.3) is 0 Å². The molecule has 2 atom stereocenters. The maximum Gasteiger partial charge on any atom is 0.313 e. The van der Waals surface area contributed by atoms with Gasteiger partial charge in [-0.3, -0.25) is 4.79 Å². The molecule has 0 aromatic heterocycles. The van der Waals surface area contributed by atoms with Gasteiger partial charge in [0, 0.05) is 5.92 Å². The van der Waals surface area contributed by atoms with Gasteiger partial charge in [-0.15, -0.1) is 6.58 Å². The lowest BCUT2D eigenvalue weighted by Crippen LogP contribution is -2.12. The van der Waals surface area contributed by atoms with E-state index in [1.807, 2.05) is 0 Å². The molecule has 1 rings (SSSR count). The molecule has 0 saturated carbocycles. The first-order valence-electron chi connectivity index (χ1n) is 4.58. The lowest BCUT2D eigenvalue weighted by atomic mass is 9.91. The Kier molecular flexibility index (Phi) is 3.32. The van der Waals surface area contributed by atoms with Crippen LogP contribution >= 0.6 is 0 Å². The lowest BCUT2D eigenvalue weighted by Gasteiger charge is -2.09. The first-order valence-corrected chi connectivity index (χ1v) is 4.58. The first-order chi connectivity index (χ1) is 5.79. The summed E-state index contributed by atoms with van der Waals surface area (Å²) in [5, 5.41) is 0. The van der Waals surface area contributed by atoms with Crippen LogP contribution in [0.3, 0.4) is 0 Å². The van der Waals surface area contributed by atoms with E-state index in [1.165, 1.54) is 12.8 Å². The van der Waals surface area contributed by atoms with E-state index < -0.39 is 0 Å². The molecule has 0 aliphatic carbocycles. The summed E-state index contributed by atoms with van der Waals surface area (Å²) < 4.78 is 4.96. The number of cyclic esters (lactones) is 1. The highest BCUT2D eigenvalue weighted by molar-refractivity contribution is 5.76. The largest absolute Gasteiger partial charge is 0.465 e. The van der Waals surface area contributed by atoms with Crippen molar-refractivity contribution in [2.45, 2.75) is 26.2 Å². The summed E-state index contributed by atoms with van der Waals surface area (Å²) in [5.41, 5.74) is 0. The van der Waals surface area contributed by atoms with Crippen LogP contribution in [0.5, 0.6) is 0 Å². The summed E-state index contributed by atoms with van der Waals surface area (Å²) in [7, 11) is 0. The second-order valence-electron chi connectivity index (χ2n) is 3.29. The van der Waals surface area contributed by atoms with Gasteiger partial charge in [0.1, 0.15) is 0 Å². The molecule has 2 nitrogen and oxygen atoms in total. The first kappa shape index (κ1) is 9.30. The Labute approximate surface area is 73.6 Å². The van der Waals surface area contributed by atoms with Crippen LogP contribution in [-0.4, -0.2) is 12.6 Å². The van der Waals surface area contributed by atoms with Crippen molar-refractivity contribution in [1.82, 2.24) is 0 Å². The maximum absolute atomic E-state index is 11.1. The highest BCUT2D eigenvalue weighted by atomic mass is 16.5. The van der Waals surface area contributed by atoms with Crippen LogP contribution in [0.2, 0.25) is 0 Å². The summed E-state index contributed by atoms with van der Waals surface area (Å²) in [4.78, 5) is 11.1. The van der Waals surface area contributed by atoms with Gasteiger partial charge in [-0.1, -0.05) is 25.8 Å². The average molecular weight is 168 g/mol. The summed E-state index contributed by atoms with van der Waals surface area (Å²) in [6, 6.07) is 0. The Morgan fingerprint density at radius 2 is 2.50 bits per heavy atom. The summed E-state index contributed by atoms with van der Waals surface area (Å²) in [5.74, 6) is 0.248. The van der Waals surface area contributed by atoms with Gasteiger partial charge in [-0.2, -0.15) is 0 Å². The molecule has 1 aliphatic rings.